The Hall–Kier alpha value is 0.870. The molecule has 0 aromatic rings. The molecule has 0 aliphatic heterocycles. The van der Waals surface area contributed by atoms with E-state index in [0.29, 0.717) is 6.42 Å². The van der Waals surface area contributed by atoms with Crippen LogP contribution in [0.2, 0.25) is 0 Å². The molecule has 6 heteroatoms. The molecule has 0 unspecified atom stereocenters. The third kappa shape index (κ3) is 32.7. The molecule has 0 aliphatic rings. The summed E-state index contributed by atoms with van der Waals surface area (Å²) in [5, 5.41) is 0. The van der Waals surface area contributed by atoms with Gasteiger partial charge in [0.25, 0.3) is 0 Å². The molecule has 0 radical (unpaired) electrons. The summed E-state index contributed by atoms with van der Waals surface area (Å²) in [4.78, 5) is 0. The molecule has 0 saturated heterocycles. The minimum absolute atomic E-state index is 0. The van der Waals surface area contributed by atoms with E-state index in [4.69, 9.17) is 4.55 Å². The fourth-order valence-electron chi connectivity index (χ4n) is 1.83. The van der Waals surface area contributed by atoms with Gasteiger partial charge in [-0.15, -0.1) is 0 Å². The van der Waals surface area contributed by atoms with Gasteiger partial charge in [0.05, 0.1) is 6.61 Å². The van der Waals surface area contributed by atoms with Gasteiger partial charge in [-0.2, -0.15) is 14.8 Å². The maximum atomic E-state index is 10.2. The summed E-state index contributed by atoms with van der Waals surface area (Å²) in [5.41, 5.74) is 0. The van der Waals surface area contributed by atoms with Crippen molar-refractivity contribution < 1.29 is 46.7 Å². The SMILES string of the molecule is CCCCCCCCCCOS(=O)(=O)O.[CH2-]CCCCC.[Na+]. The van der Waals surface area contributed by atoms with Crippen molar-refractivity contribution in [3.8, 4) is 0 Å². The molecule has 4 nitrogen and oxygen atoms in total. The number of rotatable bonds is 13. The first-order valence-electron chi connectivity index (χ1n) is 8.39. The normalized spacial score (nSPS) is 10.5. The Bertz CT molecular complexity index is 278. The quantitative estimate of drug-likeness (QED) is 0.241. The summed E-state index contributed by atoms with van der Waals surface area (Å²) in [6, 6.07) is 0. The molecule has 0 aliphatic carbocycles. The van der Waals surface area contributed by atoms with Gasteiger partial charge in [-0.05, 0) is 6.42 Å². The minimum atomic E-state index is -4.23. The van der Waals surface area contributed by atoms with Crippen LogP contribution in [0.4, 0.5) is 0 Å². The van der Waals surface area contributed by atoms with Crippen molar-refractivity contribution in [3.63, 3.8) is 0 Å². The van der Waals surface area contributed by atoms with Crippen molar-refractivity contribution in [1.29, 1.82) is 0 Å². The molecule has 0 fully saturated rings. The van der Waals surface area contributed by atoms with Crippen LogP contribution in [0.5, 0.6) is 0 Å². The average molecular weight is 347 g/mol. The van der Waals surface area contributed by atoms with Crippen LogP contribution in [0.1, 0.15) is 90.9 Å². The monoisotopic (exact) mass is 346 g/mol. The molecule has 0 rings (SSSR count). The molecule has 0 amide bonds. The van der Waals surface area contributed by atoms with Gasteiger partial charge < -0.3 is 6.92 Å². The first kappa shape index (κ1) is 27.7. The van der Waals surface area contributed by atoms with Crippen LogP contribution in [0.3, 0.4) is 0 Å². The number of unbranched alkanes of at least 4 members (excludes halogenated alkanes) is 10. The van der Waals surface area contributed by atoms with Gasteiger partial charge >= 0.3 is 40.0 Å². The summed E-state index contributed by atoms with van der Waals surface area (Å²) >= 11 is 0. The van der Waals surface area contributed by atoms with Crippen molar-refractivity contribution in [2.45, 2.75) is 90.9 Å². The van der Waals surface area contributed by atoms with Gasteiger partial charge in [0.15, 0.2) is 0 Å². The van der Waals surface area contributed by atoms with Crippen LogP contribution in [0.25, 0.3) is 0 Å². The van der Waals surface area contributed by atoms with Crippen LogP contribution in [0, 0.1) is 6.92 Å². The third-order valence-corrected chi connectivity index (χ3v) is 3.55. The molecule has 0 aromatic heterocycles. The predicted molar refractivity (Wildman–Crippen MR) is 89.6 cm³/mol. The molecular formula is C16H35NaO4S. The van der Waals surface area contributed by atoms with E-state index in [2.05, 4.69) is 25.0 Å². The van der Waals surface area contributed by atoms with Gasteiger partial charge in [-0.3, -0.25) is 4.55 Å². The van der Waals surface area contributed by atoms with Gasteiger partial charge in [-0.25, -0.2) is 4.18 Å². The topological polar surface area (TPSA) is 63.6 Å². The van der Waals surface area contributed by atoms with Crippen molar-refractivity contribution in [2.75, 3.05) is 6.61 Å². The van der Waals surface area contributed by atoms with E-state index in [9.17, 15) is 8.42 Å². The Morgan fingerprint density at radius 3 is 1.59 bits per heavy atom. The molecular weight excluding hydrogens is 311 g/mol. The molecule has 0 heterocycles. The average Bonchev–Trinajstić information content (AvgIpc) is 2.43. The van der Waals surface area contributed by atoms with Crippen molar-refractivity contribution in [3.05, 3.63) is 6.92 Å². The first-order chi connectivity index (χ1) is 9.97. The minimum Gasteiger partial charge on any atom is -0.343 e. The zero-order valence-electron chi connectivity index (χ0n) is 15.0. The summed E-state index contributed by atoms with van der Waals surface area (Å²) in [5.74, 6) is 0. The van der Waals surface area contributed by atoms with Gasteiger partial charge in [-0.1, -0.05) is 78.1 Å². The van der Waals surface area contributed by atoms with E-state index < -0.39 is 10.4 Å². The summed E-state index contributed by atoms with van der Waals surface area (Å²) in [7, 11) is -4.23. The standard InChI is InChI=1S/C10H22O4S.C6H13.Na/c1-2-3-4-5-6-7-8-9-10-14-15(11,12)13;1-3-5-6-4-2;/h2-10H2,1H3,(H,11,12,13);1,3-6H2,2H3;/q;-1;+1. The van der Waals surface area contributed by atoms with Crippen LogP contribution in [-0.2, 0) is 14.6 Å². The molecule has 0 saturated carbocycles. The maximum Gasteiger partial charge on any atom is 1.00 e. The van der Waals surface area contributed by atoms with Gasteiger partial charge in [0.2, 0.25) is 0 Å². The second kappa shape index (κ2) is 21.9. The first-order valence-corrected chi connectivity index (χ1v) is 9.75. The predicted octanol–water partition coefficient (Wildman–Crippen LogP) is 2.35. The van der Waals surface area contributed by atoms with E-state index in [-0.39, 0.29) is 36.2 Å². The van der Waals surface area contributed by atoms with Crippen LogP contribution < -0.4 is 29.6 Å². The molecule has 22 heavy (non-hydrogen) atoms. The third-order valence-electron chi connectivity index (χ3n) is 3.08. The molecule has 130 valence electrons. The second-order valence-electron chi connectivity index (χ2n) is 5.29. The fourth-order valence-corrected chi connectivity index (χ4v) is 2.16. The Balaban J connectivity index is -0.000000439. The van der Waals surface area contributed by atoms with Crippen LogP contribution >= 0.6 is 0 Å². The van der Waals surface area contributed by atoms with Gasteiger partial charge in [0.1, 0.15) is 0 Å². The molecule has 0 atom stereocenters. The largest absolute Gasteiger partial charge is 1.00 e. The Morgan fingerprint density at radius 2 is 1.23 bits per heavy atom. The van der Waals surface area contributed by atoms with Crippen LogP contribution in [0.15, 0.2) is 0 Å². The van der Waals surface area contributed by atoms with E-state index in [1.807, 2.05) is 0 Å². The van der Waals surface area contributed by atoms with Crippen molar-refractivity contribution in [2.24, 2.45) is 0 Å². The zero-order chi connectivity index (χ0) is 16.4. The van der Waals surface area contributed by atoms with E-state index in [1.165, 1.54) is 51.4 Å². The number of hydrogen-bond acceptors (Lipinski definition) is 3. The van der Waals surface area contributed by atoms with Crippen molar-refractivity contribution in [1.82, 2.24) is 0 Å². The smallest absolute Gasteiger partial charge is 0.343 e. The Kier molecular flexibility index (Phi) is 27.5. The van der Waals surface area contributed by atoms with E-state index >= 15 is 0 Å². The number of hydrogen-bond donors (Lipinski definition) is 1. The maximum absolute atomic E-state index is 10.2. The molecule has 0 spiro atoms. The van der Waals surface area contributed by atoms with E-state index in [0.717, 1.165) is 19.3 Å². The fraction of sp³-hybridized carbons (Fsp3) is 0.938. The van der Waals surface area contributed by atoms with Crippen molar-refractivity contribution >= 4 is 10.4 Å². The summed E-state index contributed by atoms with van der Waals surface area (Å²) in [6.45, 7) is 8.21. The molecule has 0 bridgehead atoms. The summed E-state index contributed by atoms with van der Waals surface area (Å²) < 4.78 is 32.8. The molecule has 1 N–H and O–H groups in total. The van der Waals surface area contributed by atoms with E-state index in [1.54, 1.807) is 0 Å². The molecule has 0 aromatic carbocycles. The second-order valence-corrected chi connectivity index (χ2v) is 6.38. The Morgan fingerprint density at radius 1 is 0.818 bits per heavy atom. The Labute approximate surface area is 161 Å². The zero-order valence-corrected chi connectivity index (χ0v) is 17.8. The van der Waals surface area contributed by atoms with Crippen LogP contribution in [-0.4, -0.2) is 19.6 Å². The van der Waals surface area contributed by atoms with Gasteiger partial charge in [0, 0.05) is 0 Å². The summed E-state index contributed by atoms with van der Waals surface area (Å²) in [6.07, 6.45) is 14.1.